The lowest BCUT2D eigenvalue weighted by molar-refractivity contribution is 0.0842. The van der Waals surface area contributed by atoms with Crippen molar-refractivity contribution in [3.05, 3.63) is 0 Å². The average molecular weight is 323 g/mol. The number of ether oxygens (including phenoxy) is 1. The van der Waals surface area contributed by atoms with Crippen molar-refractivity contribution in [1.82, 2.24) is 0 Å². The van der Waals surface area contributed by atoms with Crippen LogP contribution in [0.15, 0.2) is 0 Å². The summed E-state index contributed by atoms with van der Waals surface area (Å²) >= 11 is 0. The molecule has 0 N–H and O–H groups in total. The third-order valence-electron chi connectivity index (χ3n) is 6.69. The summed E-state index contributed by atoms with van der Waals surface area (Å²) in [6, 6.07) is 0. The predicted octanol–water partition coefficient (Wildman–Crippen LogP) is 7.00. The van der Waals surface area contributed by atoms with E-state index in [1.165, 1.54) is 89.9 Å². The summed E-state index contributed by atoms with van der Waals surface area (Å²) in [7, 11) is 0. The molecule has 2 aliphatic carbocycles. The molecule has 0 unspecified atom stereocenters. The van der Waals surface area contributed by atoms with Gasteiger partial charge in [0.25, 0.3) is 0 Å². The van der Waals surface area contributed by atoms with Gasteiger partial charge in [-0.1, -0.05) is 84.0 Å². The Morgan fingerprint density at radius 1 is 0.609 bits per heavy atom. The molecule has 0 saturated heterocycles. The van der Waals surface area contributed by atoms with Crippen molar-refractivity contribution in [2.24, 2.45) is 23.7 Å². The van der Waals surface area contributed by atoms with E-state index in [0.29, 0.717) is 0 Å². The fraction of sp³-hybridized carbons (Fsp3) is 1.00. The zero-order valence-electron chi connectivity index (χ0n) is 16.0. The minimum absolute atomic E-state index is 0.866. The Hall–Kier alpha value is -0.0400. The Morgan fingerprint density at radius 3 is 1.57 bits per heavy atom. The highest BCUT2D eigenvalue weighted by molar-refractivity contribution is 4.76. The zero-order chi connectivity index (χ0) is 16.3. The number of unbranched alkanes of at least 4 members (excludes halogenated alkanes) is 2. The van der Waals surface area contributed by atoms with Gasteiger partial charge in [0.15, 0.2) is 0 Å². The van der Waals surface area contributed by atoms with E-state index in [-0.39, 0.29) is 0 Å². The Labute approximate surface area is 146 Å². The second-order valence-electron chi connectivity index (χ2n) is 8.51. The Kier molecular flexibility index (Phi) is 9.65. The van der Waals surface area contributed by atoms with Gasteiger partial charge < -0.3 is 4.74 Å². The van der Waals surface area contributed by atoms with Crippen molar-refractivity contribution in [2.75, 3.05) is 13.2 Å². The van der Waals surface area contributed by atoms with Crippen LogP contribution in [0.4, 0.5) is 0 Å². The molecule has 0 spiro atoms. The van der Waals surface area contributed by atoms with E-state index in [2.05, 4.69) is 13.8 Å². The highest BCUT2D eigenvalue weighted by atomic mass is 16.5. The summed E-state index contributed by atoms with van der Waals surface area (Å²) in [6.07, 6.45) is 20.8. The summed E-state index contributed by atoms with van der Waals surface area (Å²) < 4.78 is 5.61. The van der Waals surface area contributed by atoms with Gasteiger partial charge in [-0.2, -0.15) is 0 Å². The number of hydrogen-bond donors (Lipinski definition) is 0. The van der Waals surface area contributed by atoms with Gasteiger partial charge in [0, 0.05) is 13.2 Å². The Bertz CT molecular complexity index is 272. The first-order valence-electron chi connectivity index (χ1n) is 10.9. The molecule has 2 aliphatic rings. The third-order valence-corrected chi connectivity index (χ3v) is 6.69. The quantitative estimate of drug-likeness (QED) is 0.393. The van der Waals surface area contributed by atoms with Gasteiger partial charge >= 0.3 is 0 Å². The van der Waals surface area contributed by atoms with Crippen LogP contribution in [0.5, 0.6) is 0 Å². The van der Waals surface area contributed by atoms with Crippen molar-refractivity contribution >= 4 is 0 Å². The number of hydrogen-bond acceptors (Lipinski definition) is 1. The molecule has 0 heterocycles. The van der Waals surface area contributed by atoms with Crippen molar-refractivity contribution in [2.45, 2.75) is 104 Å². The van der Waals surface area contributed by atoms with Crippen LogP contribution in [0.3, 0.4) is 0 Å². The predicted molar refractivity (Wildman–Crippen MR) is 101 cm³/mol. The summed E-state index contributed by atoms with van der Waals surface area (Å²) in [5.74, 6) is 4.05. The second-order valence-corrected chi connectivity index (χ2v) is 8.51. The van der Waals surface area contributed by atoms with Crippen molar-refractivity contribution in [3.63, 3.8) is 0 Å². The molecule has 0 aromatic rings. The summed E-state index contributed by atoms with van der Waals surface area (Å²) in [5, 5.41) is 0. The first kappa shape index (κ1) is 19.3. The lowest BCUT2D eigenvalue weighted by Crippen LogP contribution is -2.20. The maximum absolute atomic E-state index is 5.61. The van der Waals surface area contributed by atoms with E-state index in [4.69, 9.17) is 4.74 Å². The van der Waals surface area contributed by atoms with Crippen LogP contribution in [0.25, 0.3) is 0 Å². The van der Waals surface area contributed by atoms with Crippen LogP contribution in [0.2, 0.25) is 0 Å². The molecule has 0 amide bonds. The fourth-order valence-corrected chi connectivity index (χ4v) is 4.93. The fourth-order valence-electron chi connectivity index (χ4n) is 4.93. The van der Waals surface area contributed by atoms with Crippen LogP contribution in [0, 0.1) is 23.7 Å². The second kappa shape index (κ2) is 11.5. The first-order valence-corrected chi connectivity index (χ1v) is 10.9. The maximum atomic E-state index is 5.61. The molecule has 2 rings (SSSR count). The molecule has 2 saturated carbocycles. The van der Waals surface area contributed by atoms with Gasteiger partial charge in [-0.15, -0.1) is 0 Å². The van der Waals surface area contributed by atoms with Gasteiger partial charge in [0.1, 0.15) is 0 Å². The molecule has 0 aromatic carbocycles. The van der Waals surface area contributed by atoms with Crippen LogP contribution in [-0.2, 0) is 4.74 Å². The maximum Gasteiger partial charge on any atom is 0.0494 e. The summed E-state index contributed by atoms with van der Waals surface area (Å²) in [4.78, 5) is 0. The van der Waals surface area contributed by atoms with E-state index in [1.54, 1.807) is 0 Å². The van der Waals surface area contributed by atoms with E-state index >= 15 is 0 Å². The summed E-state index contributed by atoms with van der Waals surface area (Å²) in [5.41, 5.74) is 0. The topological polar surface area (TPSA) is 9.23 Å². The summed E-state index contributed by atoms with van der Waals surface area (Å²) in [6.45, 7) is 6.34. The van der Waals surface area contributed by atoms with E-state index in [0.717, 1.165) is 36.9 Å². The van der Waals surface area contributed by atoms with Gasteiger partial charge in [-0.05, 0) is 43.4 Å². The molecule has 0 radical (unpaired) electrons. The first-order chi connectivity index (χ1) is 11.3. The molecular weight excluding hydrogens is 280 g/mol. The van der Waals surface area contributed by atoms with Crippen LogP contribution < -0.4 is 0 Å². The highest BCUT2D eigenvalue weighted by Gasteiger charge is 2.24. The average Bonchev–Trinajstić information content (AvgIpc) is 2.60. The van der Waals surface area contributed by atoms with E-state index in [9.17, 15) is 0 Å². The third kappa shape index (κ3) is 7.59. The van der Waals surface area contributed by atoms with Gasteiger partial charge in [-0.3, -0.25) is 0 Å². The Balaban J connectivity index is 1.51. The van der Waals surface area contributed by atoms with Crippen LogP contribution in [-0.4, -0.2) is 13.2 Å². The van der Waals surface area contributed by atoms with Crippen molar-refractivity contribution in [3.8, 4) is 0 Å². The monoisotopic (exact) mass is 322 g/mol. The molecule has 23 heavy (non-hydrogen) atoms. The molecule has 136 valence electrons. The Morgan fingerprint density at radius 2 is 1.09 bits per heavy atom. The van der Waals surface area contributed by atoms with E-state index in [1.807, 2.05) is 0 Å². The van der Waals surface area contributed by atoms with Gasteiger partial charge in [0.2, 0.25) is 0 Å². The lowest BCUT2D eigenvalue weighted by Gasteiger charge is -2.32. The van der Waals surface area contributed by atoms with Gasteiger partial charge in [-0.25, -0.2) is 0 Å². The standard InChI is InChI=1S/C22H42O/c1-3-5-6-7-19-8-10-20(11-9-19)12-13-21-14-16-22(17-15-21)18-23-4-2/h19-22H,3-18H2,1-2H3. The minimum Gasteiger partial charge on any atom is -0.381 e. The van der Waals surface area contributed by atoms with Gasteiger partial charge in [0.05, 0.1) is 0 Å². The smallest absolute Gasteiger partial charge is 0.0494 e. The highest BCUT2D eigenvalue weighted by Crippen LogP contribution is 2.37. The lowest BCUT2D eigenvalue weighted by atomic mass is 9.75. The molecule has 1 heteroatoms. The molecule has 1 nitrogen and oxygen atoms in total. The normalized spacial score (nSPS) is 32.1. The van der Waals surface area contributed by atoms with Crippen molar-refractivity contribution < 1.29 is 4.74 Å². The minimum atomic E-state index is 0.866. The number of rotatable bonds is 10. The molecule has 0 aromatic heterocycles. The van der Waals surface area contributed by atoms with Crippen molar-refractivity contribution in [1.29, 1.82) is 0 Å². The molecular formula is C22H42O. The molecule has 2 fully saturated rings. The van der Waals surface area contributed by atoms with E-state index < -0.39 is 0 Å². The van der Waals surface area contributed by atoms with Crippen LogP contribution >= 0.6 is 0 Å². The van der Waals surface area contributed by atoms with Crippen LogP contribution in [0.1, 0.15) is 104 Å². The largest absolute Gasteiger partial charge is 0.381 e. The zero-order valence-corrected chi connectivity index (χ0v) is 16.0. The molecule has 0 bridgehead atoms. The molecule has 0 aliphatic heterocycles. The molecule has 0 atom stereocenters. The SMILES string of the molecule is CCCCCC1CCC(CCC2CCC(COCC)CC2)CC1.